The summed E-state index contributed by atoms with van der Waals surface area (Å²) in [7, 11) is -36.1. The van der Waals surface area contributed by atoms with Crippen molar-refractivity contribution in [3.8, 4) is 0 Å². The molecule has 38 heavy (non-hydrogen) atoms. The second-order valence-electron chi connectivity index (χ2n) is 6.36. The van der Waals surface area contributed by atoms with Crippen molar-refractivity contribution in [3.05, 3.63) is 0 Å². The van der Waals surface area contributed by atoms with Gasteiger partial charge < -0.3 is 58.7 Å². The minimum atomic E-state index is -6.02. The highest BCUT2D eigenvalue weighted by molar-refractivity contribution is 7.47. The van der Waals surface area contributed by atoms with Gasteiger partial charge in [-0.3, -0.25) is 27.1 Å². The Morgan fingerprint density at radius 1 is 0.289 bits per heavy atom. The van der Waals surface area contributed by atoms with Gasteiger partial charge in [0.15, 0.2) is 0 Å². The lowest BCUT2D eigenvalue weighted by molar-refractivity contribution is -0.202. The number of hydrogen-bond donors (Lipinski definition) is 12. The molecule has 0 unspecified atom stereocenters. The normalized spacial score (nSPS) is 27.8. The van der Waals surface area contributed by atoms with E-state index in [4.69, 9.17) is 58.7 Å². The molecule has 0 aliphatic heterocycles. The van der Waals surface area contributed by atoms with E-state index in [1.165, 1.54) is 0 Å². The fourth-order valence-electron chi connectivity index (χ4n) is 2.79. The lowest BCUT2D eigenvalue weighted by atomic mass is 9.85. The first-order chi connectivity index (χ1) is 15.6. The molecule has 0 aromatic carbocycles. The van der Waals surface area contributed by atoms with Gasteiger partial charge >= 0.3 is 46.9 Å². The third-order valence-electron chi connectivity index (χ3n) is 3.50. The first-order valence-corrected chi connectivity index (χ1v) is 17.2. The van der Waals surface area contributed by atoms with Gasteiger partial charge in [-0.2, -0.15) is 0 Å². The molecular formula is C8H26O24P6. The highest BCUT2D eigenvalue weighted by atomic mass is 31.2. The van der Waals surface area contributed by atoms with Crippen LogP contribution in [-0.4, -0.2) is 95.3 Å². The molecule has 0 spiro atoms. The average Bonchev–Trinajstić information content (AvgIpc) is 2.51. The number of phosphoric acid groups is 6. The summed E-state index contributed by atoms with van der Waals surface area (Å²) in [6.07, 6.45) is -18.9. The zero-order chi connectivity index (χ0) is 28.7. The van der Waals surface area contributed by atoms with Crippen LogP contribution in [0.25, 0.3) is 0 Å². The van der Waals surface area contributed by atoms with Crippen LogP contribution in [0.2, 0.25) is 0 Å². The molecule has 1 aliphatic rings. The van der Waals surface area contributed by atoms with Crippen molar-refractivity contribution >= 4 is 46.9 Å². The Bertz CT molecular complexity index is 823. The molecule has 0 bridgehead atoms. The summed E-state index contributed by atoms with van der Waals surface area (Å²) in [5.74, 6) is 0. The van der Waals surface area contributed by atoms with Crippen LogP contribution in [0, 0.1) is 0 Å². The van der Waals surface area contributed by atoms with Crippen LogP contribution in [0.4, 0.5) is 0 Å². The van der Waals surface area contributed by atoms with Crippen molar-refractivity contribution in [3.63, 3.8) is 0 Å². The standard InChI is InChI=1S/C6H18O24P6.2CH4/c7-31(8,9)25-1-2(26-32(10,11)12)4(28-34(16,17)18)6(30-36(22,23)24)5(29-35(19,20)21)3(1)27-33(13,14)15;;/h1-6H,(H2,7,8,9)(H2,10,11,12)(H2,13,14,15)(H2,16,17,18)(H2,19,20,21)(H2,22,23,24);2*1H4. The van der Waals surface area contributed by atoms with Crippen LogP contribution in [0.3, 0.4) is 0 Å². The van der Waals surface area contributed by atoms with E-state index < -0.39 is 83.6 Å². The molecule has 1 rings (SSSR count). The van der Waals surface area contributed by atoms with E-state index in [0.29, 0.717) is 0 Å². The van der Waals surface area contributed by atoms with Gasteiger partial charge in [0.25, 0.3) is 0 Å². The Balaban J connectivity index is 0. The van der Waals surface area contributed by atoms with Crippen molar-refractivity contribution in [2.75, 3.05) is 0 Å². The first kappa shape index (κ1) is 40.8. The van der Waals surface area contributed by atoms with Gasteiger partial charge in [-0.15, -0.1) is 0 Å². The van der Waals surface area contributed by atoms with E-state index in [-0.39, 0.29) is 14.9 Å². The van der Waals surface area contributed by atoms with E-state index in [0.717, 1.165) is 0 Å². The Labute approximate surface area is 212 Å². The van der Waals surface area contributed by atoms with E-state index in [1.807, 2.05) is 0 Å². The molecule has 1 aliphatic carbocycles. The summed E-state index contributed by atoms with van der Waals surface area (Å²) in [5.41, 5.74) is 0. The molecule has 0 radical (unpaired) electrons. The van der Waals surface area contributed by atoms with E-state index in [1.54, 1.807) is 0 Å². The maximum absolute atomic E-state index is 11.4. The predicted molar refractivity (Wildman–Crippen MR) is 115 cm³/mol. The highest BCUT2D eigenvalue weighted by Gasteiger charge is 2.62. The van der Waals surface area contributed by atoms with Crippen LogP contribution in [0.15, 0.2) is 0 Å². The minimum absolute atomic E-state index is 0. The summed E-state index contributed by atoms with van der Waals surface area (Å²) in [4.78, 5) is 110. The van der Waals surface area contributed by atoms with Crippen LogP contribution in [0.1, 0.15) is 14.9 Å². The van der Waals surface area contributed by atoms with Crippen molar-refractivity contribution in [1.82, 2.24) is 0 Å². The van der Waals surface area contributed by atoms with E-state index in [2.05, 4.69) is 27.1 Å². The Hall–Kier alpha value is 0.660. The largest absolute Gasteiger partial charge is 0.470 e. The first-order valence-electron chi connectivity index (χ1n) is 8.01. The van der Waals surface area contributed by atoms with Gasteiger partial charge in [-0.05, 0) is 0 Å². The monoisotopic (exact) mass is 692 g/mol. The molecule has 0 aromatic heterocycles. The molecule has 24 nitrogen and oxygen atoms in total. The fraction of sp³-hybridized carbons (Fsp3) is 1.00. The van der Waals surface area contributed by atoms with Crippen molar-refractivity contribution in [2.24, 2.45) is 0 Å². The zero-order valence-electron chi connectivity index (χ0n) is 16.4. The van der Waals surface area contributed by atoms with Crippen LogP contribution >= 0.6 is 46.9 Å². The van der Waals surface area contributed by atoms with Crippen molar-refractivity contribution < 1.29 is 113 Å². The van der Waals surface area contributed by atoms with Gasteiger partial charge in [-0.25, -0.2) is 27.4 Å². The zero-order valence-corrected chi connectivity index (χ0v) is 21.8. The molecule has 0 aromatic rings. The Morgan fingerprint density at radius 3 is 0.421 bits per heavy atom. The van der Waals surface area contributed by atoms with Gasteiger partial charge in [0.05, 0.1) is 0 Å². The van der Waals surface area contributed by atoms with Crippen molar-refractivity contribution in [2.45, 2.75) is 51.5 Å². The van der Waals surface area contributed by atoms with Crippen LogP contribution in [-0.2, 0) is 54.5 Å². The highest BCUT2D eigenvalue weighted by Crippen LogP contribution is 2.57. The molecule has 0 saturated heterocycles. The maximum atomic E-state index is 11.4. The summed E-state index contributed by atoms with van der Waals surface area (Å²) >= 11 is 0. The molecule has 232 valence electrons. The Morgan fingerprint density at radius 2 is 0.368 bits per heavy atom. The van der Waals surface area contributed by atoms with Gasteiger partial charge in [0.1, 0.15) is 36.6 Å². The molecular weight excluding hydrogens is 666 g/mol. The quantitative estimate of drug-likeness (QED) is 0.0997. The average molecular weight is 692 g/mol. The second-order valence-corrected chi connectivity index (χ2v) is 13.5. The molecule has 0 heterocycles. The molecule has 30 heteroatoms. The summed E-state index contributed by atoms with van der Waals surface area (Å²) < 4.78 is 93.1. The number of hydrogen-bond acceptors (Lipinski definition) is 12. The van der Waals surface area contributed by atoms with Crippen LogP contribution < -0.4 is 0 Å². The Kier molecular flexibility index (Phi) is 14.8. The molecule has 1 fully saturated rings. The second kappa shape index (κ2) is 13.8. The summed E-state index contributed by atoms with van der Waals surface area (Å²) in [5, 5.41) is 0. The minimum Gasteiger partial charge on any atom is -0.303 e. The molecule has 12 N–H and O–H groups in total. The number of phosphoric ester groups is 6. The third-order valence-corrected chi connectivity index (χ3v) is 6.61. The van der Waals surface area contributed by atoms with Gasteiger partial charge in [0, 0.05) is 0 Å². The summed E-state index contributed by atoms with van der Waals surface area (Å²) in [6, 6.07) is 0. The third kappa shape index (κ3) is 15.6. The van der Waals surface area contributed by atoms with Crippen molar-refractivity contribution in [1.29, 1.82) is 0 Å². The lowest BCUT2D eigenvalue weighted by Crippen LogP contribution is -2.66. The van der Waals surface area contributed by atoms with E-state index in [9.17, 15) is 27.4 Å². The number of rotatable bonds is 12. The van der Waals surface area contributed by atoms with Gasteiger partial charge in [0.2, 0.25) is 0 Å². The predicted octanol–water partition coefficient (Wildman–Crippen LogP) is -1.86. The smallest absolute Gasteiger partial charge is 0.303 e. The molecule has 0 amide bonds. The maximum Gasteiger partial charge on any atom is 0.470 e. The van der Waals surface area contributed by atoms with Crippen LogP contribution in [0.5, 0.6) is 0 Å². The molecule has 0 atom stereocenters. The SMILES string of the molecule is C.C.O=P(O)(O)OC1C(OP(=O)(O)O)C(OP(=O)(O)O)C(OP(=O)(O)O)C(OP(=O)(O)O)C1OP(=O)(O)O. The van der Waals surface area contributed by atoms with Gasteiger partial charge in [-0.1, -0.05) is 14.9 Å². The van der Waals surface area contributed by atoms with E-state index >= 15 is 0 Å². The summed E-state index contributed by atoms with van der Waals surface area (Å²) in [6.45, 7) is 0. The topological polar surface area (TPSA) is 401 Å². The molecule has 1 saturated carbocycles. The fourth-order valence-corrected chi connectivity index (χ4v) is 6.14. The lowest BCUT2D eigenvalue weighted by Gasteiger charge is -2.48.